The van der Waals surface area contributed by atoms with Crippen molar-refractivity contribution in [3.8, 4) is 0 Å². The summed E-state index contributed by atoms with van der Waals surface area (Å²) in [6, 6.07) is 5.75. The molecule has 7 nitrogen and oxygen atoms in total. The summed E-state index contributed by atoms with van der Waals surface area (Å²) >= 11 is 0. The Bertz CT molecular complexity index is 728. The number of benzene rings is 1. The molecule has 1 aromatic rings. The van der Waals surface area contributed by atoms with Crippen LogP contribution in [0, 0.1) is 6.92 Å². The van der Waals surface area contributed by atoms with Gasteiger partial charge in [-0.05, 0) is 42.3 Å². The van der Waals surface area contributed by atoms with Crippen molar-refractivity contribution in [3.05, 3.63) is 59.5 Å². The van der Waals surface area contributed by atoms with Gasteiger partial charge < -0.3 is 21.8 Å². The molecule has 118 valence electrons. The summed E-state index contributed by atoms with van der Waals surface area (Å²) in [5.74, 6) is 5.11. The number of aliphatic imine (C=N–C) groups is 1. The predicted molar refractivity (Wildman–Crippen MR) is 92.2 cm³/mol. The van der Waals surface area contributed by atoms with Crippen molar-refractivity contribution in [2.75, 3.05) is 11.9 Å². The molecular formula is C16H19N7. The van der Waals surface area contributed by atoms with Gasteiger partial charge in [0.2, 0.25) is 0 Å². The first kappa shape index (κ1) is 14.8. The highest BCUT2D eigenvalue weighted by Crippen LogP contribution is 2.23. The van der Waals surface area contributed by atoms with E-state index in [0.717, 1.165) is 22.5 Å². The molecule has 0 aromatic heterocycles. The van der Waals surface area contributed by atoms with Gasteiger partial charge >= 0.3 is 0 Å². The third-order valence-corrected chi connectivity index (χ3v) is 3.60. The van der Waals surface area contributed by atoms with Crippen LogP contribution in [-0.4, -0.2) is 19.0 Å². The molecular weight excluding hydrogens is 290 g/mol. The van der Waals surface area contributed by atoms with E-state index in [1.807, 2.05) is 49.7 Å². The minimum atomic E-state index is -0.134. The van der Waals surface area contributed by atoms with E-state index in [-0.39, 0.29) is 6.29 Å². The van der Waals surface area contributed by atoms with E-state index in [1.165, 1.54) is 0 Å². The Morgan fingerprint density at radius 3 is 3.04 bits per heavy atom. The lowest BCUT2D eigenvalue weighted by Crippen LogP contribution is -2.48. The number of hydrogen-bond donors (Lipinski definition) is 4. The van der Waals surface area contributed by atoms with E-state index in [1.54, 1.807) is 0 Å². The van der Waals surface area contributed by atoms with Crippen LogP contribution in [0.5, 0.6) is 0 Å². The number of hydrogen-bond acceptors (Lipinski definition) is 6. The van der Waals surface area contributed by atoms with Crippen LogP contribution in [0.3, 0.4) is 0 Å². The Labute approximate surface area is 134 Å². The second kappa shape index (κ2) is 6.78. The molecule has 0 aliphatic carbocycles. The summed E-state index contributed by atoms with van der Waals surface area (Å²) in [7, 11) is 0. The molecule has 0 spiro atoms. The number of aryl methyl sites for hydroxylation is 1. The molecule has 1 aromatic carbocycles. The molecule has 7 heteroatoms. The zero-order chi connectivity index (χ0) is 16.1. The molecule has 0 fully saturated rings. The molecule has 5 N–H and O–H groups in total. The molecule has 0 amide bonds. The highest BCUT2D eigenvalue weighted by molar-refractivity contribution is 5.74. The average Bonchev–Trinajstić information content (AvgIpc) is 2.59. The summed E-state index contributed by atoms with van der Waals surface area (Å²) in [4.78, 5) is 4.27. The highest BCUT2D eigenvalue weighted by Gasteiger charge is 2.14. The summed E-state index contributed by atoms with van der Waals surface area (Å²) in [5.41, 5.74) is 4.96. The first-order chi connectivity index (χ1) is 11.3. The fraction of sp³-hybridized carbons (Fsp3) is 0.188. The van der Waals surface area contributed by atoms with Gasteiger partial charge in [-0.3, -0.25) is 4.99 Å². The minimum absolute atomic E-state index is 0.134. The van der Waals surface area contributed by atoms with Crippen molar-refractivity contribution < 1.29 is 0 Å². The molecule has 0 radical (unpaired) electrons. The van der Waals surface area contributed by atoms with Gasteiger partial charge in [0.15, 0.2) is 6.29 Å². The number of nitrogens with one attached hydrogen (secondary N) is 3. The van der Waals surface area contributed by atoms with Gasteiger partial charge in [-0.25, -0.2) is 0 Å². The van der Waals surface area contributed by atoms with Crippen LogP contribution in [0.15, 0.2) is 69.2 Å². The fourth-order valence-corrected chi connectivity index (χ4v) is 2.40. The Morgan fingerprint density at radius 2 is 2.26 bits per heavy atom. The molecule has 2 aliphatic heterocycles. The third kappa shape index (κ3) is 3.57. The topological polar surface area (TPSA) is 99.2 Å². The highest BCUT2D eigenvalue weighted by atomic mass is 15.3. The smallest absolute Gasteiger partial charge is 0.173 e. The Kier molecular flexibility index (Phi) is 4.37. The minimum Gasteiger partial charge on any atom is -0.355 e. The van der Waals surface area contributed by atoms with E-state index >= 15 is 0 Å². The van der Waals surface area contributed by atoms with Gasteiger partial charge in [0.05, 0.1) is 12.2 Å². The molecule has 0 bridgehead atoms. The lowest BCUT2D eigenvalue weighted by molar-refractivity contribution is 0.561. The van der Waals surface area contributed by atoms with Crippen LogP contribution in [0.2, 0.25) is 0 Å². The summed E-state index contributed by atoms with van der Waals surface area (Å²) < 4.78 is 0. The lowest BCUT2D eigenvalue weighted by Gasteiger charge is -2.28. The molecule has 23 heavy (non-hydrogen) atoms. The number of nitrogens with two attached hydrogens (primary N) is 1. The van der Waals surface area contributed by atoms with E-state index in [4.69, 9.17) is 5.84 Å². The summed E-state index contributed by atoms with van der Waals surface area (Å²) in [6.07, 6.45) is 9.61. The standard InChI is InChI=1S/C16H19N7/c1-11-4-5-13(22-23-17)9-15(11)21-16-19-8-6-14(20-16)12-3-2-7-18-10-12/h2-9,16,19-21H,10H2,1H3,(H2,17,22). The fourth-order valence-electron chi connectivity index (χ4n) is 2.40. The van der Waals surface area contributed by atoms with Crippen molar-refractivity contribution in [2.24, 2.45) is 21.2 Å². The number of rotatable bonds is 3. The van der Waals surface area contributed by atoms with E-state index in [2.05, 4.69) is 37.4 Å². The van der Waals surface area contributed by atoms with E-state index in [9.17, 15) is 0 Å². The predicted octanol–water partition coefficient (Wildman–Crippen LogP) is 2.25. The van der Waals surface area contributed by atoms with Crippen LogP contribution >= 0.6 is 0 Å². The van der Waals surface area contributed by atoms with Crippen molar-refractivity contribution in [3.63, 3.8) is 0 Å². The van der Waals surface area contributed by atoms with E-state index in [0.29, 0.717) is 12.2 Å². The van der Waals surface area contributed by atoms with Gasteiger partial charge in [-0.15, -0.1) is 5.11 Å². The zero-order valence-corrected chi connectivity index (χ0v) is 12.8. The first-order valence-corrected chi connectivity index (χ1v) is 7.33. The maximum absolute atomic E-state index is 5.11. The van der Waals surface area contributed by atoms with Crippen molar-refractivity contribution in [1.82, 2.24) is 10.6 Å². The molecule has 1 atom stereocenters. The average molecular weight is 309 g/mol. The van der Waals surface area contributed by atoms with Crippen LogP contribution < -0.4 is 21.8 Å². The number of anilines is 1. The summed E-state index contributed by atoms with van der Waals surface area (Å²) in [6.45, 7) is 2.71. The number of dihydropyridines is 1. The van der Waals surface area contributed by atoms with Gasteiger partial charge in [0.25, 0.3) is 0 Å². The largest absolute Gasteiger partial charge is 0.355 e. The zero-order valence-electron chi connectivity index (χ0n) is 12.8. The molecule has 0 saturated heterocycles. The molecule has 1 unspecified atom stereocenters. The Balaban J connectivity index is 1.76. The number of nitrogens with zero attached hydrogens (tertiary/aromatic N) is 3. The van der Waals surface area contributed by atoms with Gasteiger partial charge in [-0.1, -0.05) is 17.4 Å². The van der Waals surface area contributed by atoms with Crippen LogP contribution in [0.1, 0.15) is 5.56 Å². The van der Waals surface area contributed by atoms with Crippen molar-refractivity contribution in [1.29, 1.82) is 0 Å². The van der Waals surface area contributed by atoms with Crippen LogP contribution in [0.25, 0.3) is 0 Å². The van der Waals surface area contributed by atoms with Crippen molar-refractivity contribution >= 4 is 17.6 Å². The molecule has 2 heterocycles. The van der Waals surface area contributed by atoms with Gasteiger partial charge in [-0.2, -0.15) is 0 Å². The maximum atomic E-state index is 5.11. The normalized spacial score (nSPS) is 22.9. The van der Waals surface area contributed by atoms with Crippen LogP contribution in [-0.2, 0) is 0 Å². The molecule has 2 aliphatic rings. The Hall–Kier alpha value is -3.09. The van der Waals surface area contributed by atoms with Gasteiger partial charge in [0, 0.05) is 23.8 Å². The second-order valence-electron chi connectivity index (χ2n) is 5.22. The first-order valence-electron chi connectivity index (χ1n) is 7.33. The molecule has 0 saturated carbocycles. The number of allylic oxidation sites excluding steroid dienone is 2. The lowest BCUT2D eigenvalue weighted by atomic mass is 10.1. The SMILES string of the molecule is Cc1ccc(N=NN)cc1NC1NC=CC(=C2C=CC=NC2)N1. The van der Waals surface area contributed by atoms with Crippen LogP contribution in [0.4, 0.5) is 11.4 Å². The quantitative estimate of drug-likeness (QED) is 0.391. The Morgan fingerprint density at radius 1 is 1.35 bits per heavy atom. The third-order valence-electron chi connectivity index (χ3n) is 3.60. The monoisotopic (exact) mass is 309 g/mol. The second-order valence-corrected chi connectivity index (χ2v) is 5.22. The van der Waals surface area contributed by atoms with Gasteiger partial charge in [0.1, 0.15) is 0 Å². The van der Waals surface area contributed by atoms with E-state index < -0.39 is 0 Å². The summed E-state index contributed by atoms with van der Waals surface area (Å²) in [5, 5.41) is 17.2. The van der Waals surface area contributed by atoms with Crippen molar-refractivity contribution in [2.45, 2.75) is 13.2 Å². The maximum Gasteiger partial charge on any atom is 0.173 e. The molecule has 3 rings (SSSR count).